The number of hydrogen-bond donors (Lipinski definition) is 1. The van der Waals surface area contributed by atoms with Crippen LogP contribution in [0.3, 0.4) is 0 Å². The van der Waals surface area contributed by atoms with Crippen LogP contribution in [0.5, 0.6) is 0 Å². The highest BCUT2D eigenvalue weighted by molar-refractivity contribution is 8.15. The average Bonchev–Trinajstić information content (AvgIpc) is 3.54. The van der Waals surface area contributed by atoms with Gasteiger partial charge < -0.3 is 4.98 Å². The van der Waals surface area contributed by atoms with Crippen molar-refractivity contribution in [1.82, 2.24) is 9.88 Å². The Labute approximate surface area is 201 Å². The first-order chi connectivity index (χ1) is 15.8. The molecule has 1 N–H and O–H groups in total. The topological polar surface area (TPSA) is 85.8 Å². The van der Waals surface area contributed by atoms with Crippen molar-refractivity contribution in [2.45, 2.75) is 28.7 Å². The van der Waals surface area contributed by atoms with Crippen molar-refractivity contribution in [3.8, 4) is 0 Å². The number of nitrogens with one attached hydrogen (secondary N) is 1. The highest BCUT2D eigenvalue weighted by Crippen LogP contribution is 2.43. The van der Waals surface area contributed by atoms with Crippen LogP contribution in [0.4, 0.5) is 5.69 Å². The lowest BCUT2D eigenvalue weighted by Gasteiger charge is -2.37. The minimum atomic E-state index is -3.62. The maximum Gasteiger partial charge on any atom is 0.273 e. The number of piperidine rings is 1. The molecule has 1 fully saturated rings. The van der Waals surface area contributed by atoms with Gasteiger partial charge in [0.05, 0.1) is 30.0 Å². The van der Waals surface area contributed by atoms with E-state index in [1.807, 2.05) is 30.0 Å². The lowest BCUT2D eigenvalue weighted by atomic mass is 9.95. The second kappa shape index (κ2) is 8.57. The number of Topliss-reactive ketones (excluding diaryl/α,β-unsaturated/α-hetero) is 1. The number of para-hydroxylation sites is 1. The molecule has 174 valence electrons. The van der Waals surface area contributed by atoms with E-state index in [0.29, 0.717) is 16.4 Å². The number of thiophene rings is 1. The number of rotatable bonds is 6. The van der Waals surface area contributed by atoms with Gasteiger partial charge >= 0.3 is 0 Å². The van der Waals surface area contributed by atoms with Gasteiger partial charge in [-0.2, -0.15) is 0 Å². The number of ketones is 1. The summed E-state index contributed by atoms with van der Waals surface area (Å²) in [6.45, 7) is 4.77. The molecule has 0 radical (unpaired) electrons. The van der Waals surface area contributed by atoms with Crippen molar-refractivity contribution in [2.75, 3.05) is 37.5 Å². The van der Waals surface area contributed by atoms with Crippen LogP contribution in [0.25, 0.3) is 10.9 Å². The van der Waals surface area contributed by atoms with Crippen LogP contribution in [0.1, 0.15) is 25.5 Å². The van der Waals surface area contributed by atoms with E-state index in [0.717, 1.165) is 54.1 Å². The molecular weight excluding hydrogens is 476 g/mol. The quantitative estimate of drug-likeness (QED) is 0.551. The van der Waals surface area contributed by atoms with E-state index in [1.54, 1.807) is 31.5 Å². The molecule has 0 aliphatic carbocycles. The summed E-state index contributed by atoms with van der Waals surface area (Å²) in [5, 5.41) is 3.70. The molecule has 0 unspecified atom stereocenters. The molecule has 1 saturated heterocycles. The number of anilines is 1. The number of benzene rings is 1. The molecule has 4 heterocycles. The van der Waals surface area contributed by atoms with Gasteiger partial charge in [-0.3, -0.25) is 19.0 Å². The minimum absolute atomic E-state index is 0.0854. The van der Waals surface area contributed by atoms with Crippen LogP contribution >= 0.6 is 23.1 Å². The molecule has 7 nitrogen and oxygen atoms in total. The van der Waals surface area contributed by atoms with Crippen molar-refractivity contribution in [3.05, 3.63) is 47.5 Å². The third-order valence-electron chi connectivity index (χ3n) is 6.35. The van der Waals surface area contributed by atoms with Gasteiger partial charge in [0.15, 0.2) is 0 Å². The number of nitrogens with zero attached hydrogens (tertiary/aromatic N) is 3. The van der Waals surface area contributed by atoms with Crippen molar-refractivity contribution in [2.24, 2.45) is 4.99 Å². The maximum absolute atomic E-state index is 13.1. The molecule has 33 heavy (non-hydrogen) atoms. The first kappa shape index (κ1) is 22.6. The van der Waals surface area contributed by atoms with Gasteiger partial charge in [0.1, 0.15) is 15.0 Å². The van der Waals surface area contributed by atoms with E-state index in [1.165, 1.54) is 15.6 Å². The summed E-state index contributed by atoms with van der Waals surface area (Å²) in [6, 6.07) is 11.1. The van der Waals surface area contributed by atoms with Gasteiger partial charge in [-0.15, -0.1) is 11.3 Å². The summed E-state index contributed by atoms with van der Waals surface area (Å²) in [7, 11) is -2.03. The summed E-state index contributed by atoms with van der Waals surface area (Å²) in [5.74, 6) is 0.210. The van der Waals surface area contributed by atoms with Gasteiger partial charge in [-0.05, 0) is 43.3 Å². The fourth-order valence-electron chi connectivity index (χ4n) is 4.51. The van der Waals surface area contributed by atoms with Gasteiger partial charge in [0.2, 0.25) is 0 Å². The third-order valence-corrected chi connectivity index (χ3v) is 11.0. The number of thioether (sulfide) groups is 1. The highest BCUT2D eigenvalue weighted by atomic mass is 32.2. The third kappa shape index (κ3) is 4.25. The Kier molecular flexibility index (Phi) is 5.88. The molecule has 2 aromatic heterocycles. The standard InChI is InChI=1S/C23H26N4O3S3/c1-16(28)14-27-10-8-23(9-11-27)15-24-22(32-23)18-13-17-5-3-6-19(21(17)25-18)26(2)33(29,30)20-7-4-12-31-20/h3-7,12-13,25H,8-11,14-15H2,1-2H3. The number of aromatic nitrogens is 1. The Morgan fingerprint density at radius 1 is 1.24 bits per heavy atom. The van der Waals surface area contributed by atoms with Gasteiger partial charge in [0, 0.05) is 30.3 Å². The number of H-pyrrole nitrogens is 1. The second-order valence-corrected chi connectivity index (χ2v) is 13.3. The Hall–Kier alpha value is -2.14. The fraction of sp³-hybridized carbons (Fsp3) is 0.391. The highest BCUT2D eigenvalue weighted by Gasteiger charge is 2.40. The van der Waals surface area contributed by atoms with E-state index in [-0.39, 0.29) is 10.5 Å². The Balaban J connectivity index is 1.38. The van der Waals surface area contributed by atoms with Gasteiger partial charge in [-0.1, -0.05) is 30.0 Å². The molecule has 0 bridgehead atoms. The summed E-state index contributed by atoms with van der Waals surface area (Å²) in [6.07, 6.45) is 2.01. The number of carbonyl (C=O) groups excluding carboxylic acids is 1. The molecule has 1 aromatic carbocycles. The van der Waals surface area contributed by atoms with Crippen LogP contribution in [0, 0.1) is 0 Å². The number of aromatic amines is 1. The van der Waals surface area contributed by atoms with Crippen LogP contribution in [0.2, 0.25) is 0 Å². The molecular formula is C23H26N4O3S3. The molecule has 5 rings (SSSR count). The Morgan fingerprint density at radius 3 is 2.73 bits per heavy atom. The zero-order chi connectivity index (χ0) is 23.2. The number of hydrogen-bond acceptors (Lipinski definition) is 7. The molecule has 0 amide bonds. The normalized spacial score (nSPS) is 18.7. The van der Waals surface area contributed by atoms with E-state index < -0.39 is 10.0 Å². The number of carbonyl (C=O) groups is 1. The number of fused-ring (bicyclic) bond motifs is 1. The van der Waals surface area contributed by atoms with Crippen molar-refractivity contribution < 1.29 is 13.2 Å². The summed E-state index contributed by atoms with van der Waals surface area (Å²) in [5.41, 5.74) is 2.33. The van der Waals surface area contributed by atoms with E-state index >= 15 is 0 Å². The van der Waals surface area contributed by atoms with Crippen LogP contribution in [-0.2, 0) is 14.8 Å². The van der Waals surface area contributed by atoms with Crippen LogP contribution in [-0.4, -0.2) is 67.1 Å². The Morgan fingerprint density at radius 2 is 2.03 bits per heavy atom. The van der Waals surface area contributed by atoms with Crippen molar-refractivity contribution in [1.29, 1.82) is 0 Å². The molecule has 3 aromatic rings. The maximum atomic E-state index is 13.1. The van der Waals surface area contributed by atoms with E-state index in [4.69, 9.17) is 4.99 Å². The van der Waals surface area contributed by atoms with Crippen LogP contribution in [0.15, 0.2) is 51.0 Å². The SMILES string of the molecule is CC(=O)CN1CCC2(CC1)CN=C(c1cc3cccc(N(C)S(=O)(=O)c4cccs4)c3[nH]1)S2. The molecule has 0 atom stereocenters. The lowest BCUT2D eigenvalue weighted by Crippen LogP contribution is -2.44. The summed E-state index contributed by atoms with van der Waals surface area (Å²) in [4.78, 5) is 22.0. The van der Waals surface area contributed by atoms with Crippen molar-refractivity contribution in [3.63, 3.8) is 0 Å². The largest absolute Gasteiger partial charge is 0.351 e. The Bertz CT molecular complexity index is 1320. The lowest BCUT2D eigenvalue weighted by molar-refractivity contribution is -0.118. The van der Waals surface area contributed by atoms with Crippen molar-refractivity contribution >= 4 is 60.5 Å². The van der Waals surface area contributed by atoms with E-state index in [9.17, 15) is 13.2 Å². The zero-order valence-electron chi connectivity index (χ0n) is 18.6. The molecule has 2 aliphatic rings. The number of aliphatic imine (C=N–C) groups is 1. The smallest absolute Gasteiger partial charge is 0.273 e. The predicted octanol–water partition coefficient (Wildman–Crippen LogP) is 3.97. The molecule has 0 saturated carbocycles. The average molecular weight is 503 g/mol. The zero-order valence-corrected chi connectivity index (χ0v) is 21.0. The monoisotopic (exact) mass is 502 g/mol. The van der Waals surface area contributed by atoms with Crippen LogP contribution < -0.4 is 4.31 Å². The second-order valence-electron chi connectivity index (χ2n) is 8.71. The fourth-order valence-corrected chi connectivity index (χ4v) is 8.16. The van der Waals surface area contributed by atoms with Gasteiger partial charge in [0.25, 0.3) is 10.0 Å². The first-order valence-corrected chi connectivity index (χ1v) is 14.0. The number of likely N-dealkylation sites (tertiary alicyclic amines) is 1. The van der Waals surface area contributed by atoms with E-state index in [2.05, 4.69) is 16.0 Å². The molecule has 2 aliphatic heterocycles. The molecule has 10 heteroatoms. The predicted molar refractivity (Wildman–Crippen MR) is 136 cm³/mol. The summed E-state index contributed by atoms with van der Waals surface area (Å²) >= 11 is 3.03. The molecule has 1 spiro atoms. The first-order valence-electron chi connectivity index (χ1n) is 10.9. The number of sulfonamides is 1. The summed E-state index contributed by atoms with van der Waals surface area (Å²) < 4.78 is 27.9. The van der Waals surface area contributed by atoms with Gasteiger partial charge in [-0.25, -0.2) is 8.42 Å². The minimum Gasteiger partial charge on any atom is -0.351 e.